The smallest absolute Gasteiger partial charge is 0.269 e. The molecule has 0 fully saturated rings. The molecule has 0 N–H and O–H groups in total. The monoisotopic (exact) mass is 550 g/mol. The molecule has 1 heterocycles. The van der Waals surface area contributed by atoms with Gasteiger partial charge in [0.05, 0.1) is 17.1 Å². The van der Waals surface area contributed by atoms with Gasteiger partial charge in [-0.1, -0.05) is 30.7 Å². The van der Waals surface area contributed by atoms with Crippen LogP contribution in [0.3, 0.4) is 0 Å². The first-order valence-corrected chi connectivity index (χ1v) is 13.7. The molecule has 0 unspecified atom stereocenters. The zero-order valence-corrected chi connectivity index (χ0v) is 22.9. The van der Waals surface area contributed by atoms with Crippen LogP contribution in [0.4, 0.5) is 5.69 Å². The van der Waals surface area contributed by atoms with E-state index in [1.165, 1.54) is 19.2 Å². The maximum Gasteiger partial charge on any atom is 0.269 e. The van der Waals surface area contributed by atoms with Gasteiger partial charge in [0.2, 0.25) is 0 Å². The molecule has 0 saturated carbocycles. The van der Waals surface area contributed by atoms with Gasteiger partial charge >= 0.3 is 0 Å². The van der Waals surface area contributed by atoms with Gasteiger partial charge in [-0.3, -0.25) is 19.7 Å². The van der Waals surface area contributed by atoms with Gasteiger partial charge in [0.1, 0.15) is 6.61 Å². The molecule has 0 amide bonds. The summed E-state index contributed by atoms with van der Waals surface area (Å²) in [5.74, 6) is 0.323. The molecule has 3 aliphatic rings. The predicted molar refractivity (Wildman–Crippen MR) is 147 cm³/mol. The number of methoxy groups -OCH3 is 1. The summed E-state index contributed by atoms with van der Waals surface area (Å²) in [6.45, 7) is 2.94. The minimum atomic E-state index is -0.499. The number of rotatable bonds is 8. The number of carbonyl (C=O) groups excluding carboxylic acids is 2. The second kappa shape index (κ2) is 11.2. The van der Waals surface area contributed by atoms with E-state index in [1.54, 1.807) is 24.3 Å². The Morgan fingerprint density at radius 3 is 2.28 bits per heavy atom. The van der Waals surface area contributed by atoms with E-state index in [4.69, 9.17) is 21.1 Å². The van der Waals surface area contributed by atoms with Gasteiger partial charge < -0.3 is 14.4 Å². The molecule has 2 aromatic rings. The summed E-state index contributed by atoms with van der Waals surface area (Å²) in [5, 5.41) is 11.4. The van der Waals surface area contributed by atoms with Crippen molar-refractivity contribution in [2.45, 2.75) is 64.4 Å². The number of nitro benzene ring substituents is 1. The fraction of sp³-hybridized carbons (Fsp3) is 0.400. The average molecular weight is 551 g/mol. The first kappa shape index (κ1) is 26.9. The van der Waals surface area contributed by atoms with Crippen LogP contribution in [0.25, 0.3) is 0 Å². The Kier molecular flexibility index (Phi) is 7.75. The van der Waals surface area contributed by atoms with Gasteiger partial charge in [0.15, 0.2) is 23.1 Å². The van der Waals surface area contributed by atoms with Gasteiger partial charge in [0, 0.05) is 60.0 Å². The molecular weight excluding hydrogens is 520 g/mol. The Hall–Kier alpha value is -3.65. The van der Waals surface area contributed by atoms with Crippen molar-refractivity contribution in [3.63, 3.8) is 0 Å². The normalized spacial score (nSPS) is 17.8. The number of hydrogen-bond acceptors (Lipinski definition) is 7. The van der Waals surface area contributed by atoms with Crippen molar-refractivity contribution < 1.29 is 24.0 Å². The number of halogens is 1. The van der Waals surface area contributed by atoms with E-state index in [1.807, 2.05) is 0 Å². The first-order chi connectivity index (χ1) is 18.8. The second-order valence-electron chi connectivity index (χ2n) is 10.1. The standard InChI is InChI=1S/C30H31ClN2O6/c1-3-13-32-22-9-5-11-24(34)28(22)27(29-23(32)10-6-12-25(29)35)19-15-21(31)30(26(16-19)38-2)39-17-18-7-4-8-20(14-18)33(36)37/h4,7-8,14-16,27H,3,5-6,9-13,17H2,1-2H3. The van der Waals surface area contributed by atoms with Crippen molar-refractivity contribution in [2.75, 3.05) is 13.7 Å². The van der Waals surface area contributed by atoms with Crippen molar-refractivity contribution >= 4 is 28.9 Å². The Labute approximate surface area is 232 Å². The van der Waals surface area contributed by atoms with Crippen molar-refractivity contribution in [3.8, 4) is 11.5 Å². The van der Waals surface area contributed by atoms with E-state index < -0.39 is 10.8 Å². The SMILES string of the molecule is CCCN1C2=C(C(=O)CCC2)C(c2cc(Cl)c(OCc3cccc([N+](=O)[O-])c3)c(OC)c2)C2=C1CCCC2=O. The van der Waals surface area contributed by atoms with E-state index >= 15 is 0 Å². The van der Waals surface area contributed by atoms with Crippen LogP contribution in [0.15, 0.2) is 58.9 Å². The minimum absolute atomic E-state index is 0.0265. The van der Waals surface area contributed by atoms with Gasteiger partial charge in [-0.2, -0.15) is 0 Å². The highest BCUT2D eigenvalue weighted by Gasteiger charge is 2.43. The van der Waals surface area contributed by atoms with Crippen LogP contribution in [-0.4, -0.2) is 35.0 Å². The molecule has 39 heavy (non-hydrogen) atoms. The van der Waals surface area contributed by atoms with Gasteiger partial charge in [-0.05, 0) is 55.4 Å². The lowest BCUT2D eigenvalue weighted by Crippen LogP contribution is -2.39. The first-order valence-electron chi connectivity index (χ1n) is 13.4. The summed E-state index contributed by atoms with van der Waals surface area (Å²) >= 11 is 6.76. The minimum Gasteiger partial charge on any atom is -0.493 e. The zero-order valence-electron chi connectivity index (χ0n) is 22.1. The third kappa shape index (κ3) is 5.05. The quantitative estimate of drug-likeness (QED) is 0.267. The number of allylic oxidation sites excluding steroid dienone is 4. The van der Waals surface area contributed by atoms with Crippen molar-refractivity contribution in [3.05, 3.63) is 85.2 Å². The molecule has 0 atom stereocenters. The van der Waals surface area contributed by atoms with Crippen LogP contribution >= 0.6 is 11.6 Å². The van der Waals surface area contributed by atoms with E-state index in [0.717, 1.165) is 55.6 Å². The zero-order chi connectivity index (χ0) is 27.7. The third-order valence-corrected chi connectivity index (χ3v) is 7.90. The molecule has 2 aliphatic carbocycles. The maximum absolute atomic E-state index is 13.4. The number of non-ortho nitro benzene ring substituents is 1. The summed E-state index contributed by atoms with van der Waals surface area (Å²) in [6.07, 6.45) is 5.04. The molecule has 0 aromatic heterocycles. The fourth-order valence-corrected chi connectivity index (χ4v) is 6.28. The van der Waals surface area contributed by atoms with E-state index in [-0.39, 0.29) is 28.9 Å². The third-order valence-electron chi connectivity index (χ3n) is 7.62. The van der Waals surface area contributed by atoms with Crippen LogP contribution in [-0.2, 0) is 16.2 Å². The van der Waals surface area contributed by atoms with Crippen LogP contribution in [0.5, 0.6) is 11.5 Å². The van der Waals surface area contributed by atoms with Crippen LogP contribution in [0.1, 0.15) is 68.9 Å². The Morgan fingerprint density at radius 1 is 1.03 bits per heavy atom. The van der Waals surface area contributed by atoms with Crippen molar-refractivity contribution in [2.24, 2.45) is 0 Å². The van der Waals surface area contributed by atoms with Crippen LogP contribution in [0.2, 0.25) is 5.02 Å². The molecular formula is C30H31ClN2O6. The van der Waals surface area contributed by atoms with Gasteiger partial charge in [-0.25, -0.2) is 0 Å². The second-order valence-corrected chi connectivity index (χ2v) is 10.5. The molecule has 5 rings (SSSR count). The fourth-order valence-electron chi connectivity index (χ4n) is 6.01. The predicted octanol–water partition coefficient (Wildman–Crippen LogP) is 6.66. The number of carbonyl (C=O) groups is 2. The molecule has 0 bridgehead atoms. The Bertz CT molecular complexity index is 1370. The van der Waals surface area contributed by atoms with E-state index in [0.29, 0.717) is 41.1 Å². The molecule has 9 heteroatoms. The average Bonchev–Trinajstić information content (AvgIpc) is 2.93. The molecule has 8 nitrogen and oxygen atoms in total. The molecule has 0 spiro atoms. The Balaban J connectivity index is 1.57. The summed E-state index contributed by atoms with van der Waals surface area (Å²) in [4.78, 5) is 39.8. The summed E-state index contributed by atoms with van der Waals surface area (Å²) in [6, 6.07) is 9.76. The summed E-state index contributed by atoms with van der Waals surface area (Å²) in [7, 11) is 1.51. The van der Waals surface area contributed by atoms with E-state index in [9.17, 15) is 19.7 Å². The maximum atomic E-state index is 13.4. The molecule has 204 valence electrons. The highest BCUT2D eigenvalue weighted by molar-refractivity contribution is 6.32. The highest BCUT2D eigenvalue weighted by Crippen LogP contribution is 2.51. The van der Waals surface area contributed by atoms with Crippen molar-refractivity contribution in [1.82, 2.24) is 4.90 Å². The number of nitrogens with zero attached hydrogens (tertiary/aromatic N) is 2. The number of ether oxygens (including phenoxy) is 2. The molecule has 0 radical (unpaired) electrons. The molecule has 1 aliphatic heterocycles. The number of Topliss-reactive ketones (excluding diaryl/α,β-unsaturated/α-hetero) is 2. The van der Waals surface area contributed by atoms with Gasteiger partial charge in [-0.15, -0.1) is 0 Å². The van der Waals surface area contributed by atoms with Crippen LogP contribution in [0, 0.1) is 10.1 Å². The number of hydrogen-bond donors (Lipinski definition) is 0. The number of benzene rings is 2. The summed E-state index contributed by atoms with van der Waals surface area (Å²) in [5.41, 5.74) is 4.78. The lowest BCUT2D eigenvalue weighted by atomic mass is 9.71. The lowest BCUT2D eigenvalue weighted by Gasteiger charge is -2.44. The number of ketones is 2. The number of nitro groups is 1. The topological polar surface area (TPSA) is 99.0 Å². The highest BCUT2D eigenvalue weighted by atomic mass is 35.5. The largest absolute Gasteiger partial charge is 0.493 e. The van der Waals surface area contributed by atoms with E-state index in [2.05, 4.69) is 11.8 Å². The molecule has 2 aromatic carbocycles. The van der Waals surface area contributed by atoms with Crippen molar-refractivity contribution in [1.29, 1.82) is 0 Å². The summed E-state index contributed by atoms with van der Waals surface area (Å²) < 4.78 is 11.6. The molecule has 0 saturated heterocycles. The lowest BCUT2D eigenvalue weighted by molar-refractivity contribution is -0.384. The van der Waals surface area contributed by atoms with Crippen LogP contribution < -0.4 is 9.47 Å². The van der Waals surface area contributed by atoms with Gasteiger partial charge in [0.25, 0.3) is 5.69 Å². The Morgan fingerprint density at radius 2 is 1.69 bits per heavy atom.